The predicted molar refractivity (Wildman–Crippen MR) is 54.2 cm³/mol. The first-order valence-electron chi connectivity index (χ1n) is 4.55. The number of hydrogen-bond donors (Lipinski definition) is 1. The Balaban J connectivity index is 2.31. The largest absolute Gasteiger partial charge is 0.389 e. The maximum Gasteiger partial charge on any atom is 0.0761 e. The van der Waals surface area contributed by atoms with Crippen molar-refractivity contribution in [3.05, 3.63) is 48.3 Å². The first kappa shape index (κ1) is 8.97. The maximum absolute atomic E-state index is 9.32. The van der Waals surface area contributed by atoms with E-state index in [1.807, 2.05) is 36.5 Å². The highest BCUT2D eigenvalue weighted by Crippen LogP contribution is 2.14. The second-order valence-electron chi connectivity index (χ2n) is 3.22. The quantitative estimate of drug-likeness (QED) is 0.782. The van der Waals surface area contributed by atoms with Crippen molar-refractivity contribution in [1.29, 1.82) is 0 Å². The van der Waals surface area contributed by atoms with Gasteiger partial charge < -0.3 is 5.11 Å². The third-order valence-corrected chi connectivity index (χ3v) is 2.14. The topological polar surface area (TPSA) is 38.0 Å². The van der Waals surface area contributed by atoms with Crippen molar-refractivity contribution in [3.8, 4) is 5.69 Å². The van der Waals surface area contributed by atoms with Gasteiger partial charge in [-0.15, -0.1) is 0 Å². The molecule has 0 aliphatic carbocycles. The fourth-order valence-electron chi connectivity index (χ4n) is 1.33. The highest BCUT2D eigenvalue weighted by molar-refractivity contribution is 5.34. The summed E-state index contributed by atoms with van der Waals surface area (Å²) in [5.41, 5.74) is 1.92. The zero-order chi connectivity index (χ0) is 9.97. The Labute approximate surface area is 82.6 Å². The Morgan fingerprint density at radius 3 is 2.50 bits per heavy atom. The van der Waals surface area contributed by atoms with Crippen molar-refractivity contribution in [2.24, 2.45) is 0 Å². The Hall–Kier alpha value is -1.61. The number of nitrogens with zero attached hydrogens (tertiary/aromatic N) is 2. The van der Waals surface area contributed by atoms with Crippen LogP contribution in [0.4, 0.5) is 0 Å². The molecule has 1 heterocycles. The van der Waals surface area contributed by atoms with Gasteiger partial charge in [0, 0.05) is 12.4 Å². The fraction of sp³-hybridized carbons (Fsp3) is 0.182. The van der Waals surface area contributed by atoms with E-state index in [1.54, 1.807) is 17.8 Å². The normalized spacial score (nSPS) is 12.7. The molecule has 0 radical (unpaired) electrons. The van der Waals surface area contributed by atoms with Crippen molar-refractivity contribution < 1.29 is 5.11 Å². The molecule has 72 valence electrons. The van der Waals surface area contributed by atoms with Gasteiger partial charge in [-0.25, -0.2) is 4.68 Å². The number of aliphatic hydroxyl groups is 1. The average molecular weight is 188 g/mol. The van der Waals surface area contributed by atoms with Gasteiger partial charge in [0.1, 0.15) is 0 Å². The van der Waals surface area contributed by atoms with Gasteiger partial charge >= 0.3 is 0 Å². The van der Waals surface area contributed by atoms with Crippen molar-refractivity contribution >= 4 is 0 Å². The van der Waals surface area contributed by atoms with E-state index in [1.165, 1.54) is 0 Å². The molecule has 0 amide bonds. The van der Waals surface area contributed by atoms with Gasteiger partial charge in [0.2, 0.25) is 0 Å². The number of benzene rings is 1. The maximum atomic E-state index is 9.32. The molecular formula is C11H12N2O. The monoisotopic (exact) mass is 188 g/mol. The van der Waals surface area contributed by atoms with E-state index in [0.29, 0.717) is 0 Å². The van der Waals surface area contributed by atoms with Crippen LogP contribution in [0.15, 0.2) is 42.7 Å². The van der Waals surface area contributed by atoms with E-state index in [-0.39, 0.29) is 0 Å². The van der Waals surface area contributed by atoms with Crippen molar-refractivity contribution in [3.63, 3.8) is 0 Å². The van der Waals surface area contributed by atoms with Gasteiger partial charge in [0.05, 0.1) is 11.8 Å². The molecule has 3 heteroatoms. The average Bonchev–Trinajstić information content (AvgIpc) is 2.71. The second-order valence-corrected chi connectivity index (χ2v) is 3.22. The second kappa shape index (κ2) is 3.64. The van der Waals surface area contributed by atoms with Gasteiger partial charge in [0.25, 0.3) is 0 Å². The Morgan fingerprint density at radius 1 is 1.29 bits per heavy atom. The SMILES string of the molecule is CC(O)c1ccc(-n2cccn2)cc1. The van der Waals surface area contributed by atoms with Crippen molar-refractivity contribution in [1.82, 2.24) is 9.78 Å². The van der Waals surface area contributed by atoms with E-state index in [9.17, 15) is 5.11 Å². The molecule has 1 N–H and O–H groups in total. The van der Waals surface area contributed by atoms with Gasteiger partial charge in [-0.2, -0.15) is 5.10 Å². The van der Waals surface area contributed by atoms with Crippen LogP contribution in [0.5, 0.6) is 0 Å². The van der Waals surface area contributed by atoms with E-state index in [0.717, 1.165) is 11.3 Å². The standard InChI is InChI=1S/C11H12N2O/c1-9(14)10-3-5-11(6-4-10)13-8-2-7-12-13/h2-9,14H,1H3. The van der Waals surface area contributed by atoms with E-state index in [2.05, 4.69) is 5.10 Å². The fourth-order valence-corrected chi connectivity index (χ4v) is 1.33. The van der Waals surface area contributed by atoms with Gasteiger partial charge in [-0.1, -0.05) is 12.1 Å². The zero-order valence-corrected chi connectivity index (χ0v) is 7.96. The Morgan fingerprint density at radius 2 is 2.00 bits per heavy atom. The summed E-state index contributed by atoms with van der Waals surface area (Å²) in [6.07, 6.45) is 3.21. The van der Waals surface area contributed by atoms with Crippen molar-refractivity contribution in [2.75, 3.05) is 0 Å². The van der Waals surface area contributed by atoms with Crippen LogP contribution in [-0.2, 0) is 0 Å². The molecular weight excluding hydrogens is 176 g/mol. The molecule has 3 nitrogen and oxygen atoms in total. The van der Waals surface area contributed by atoms with Crippen LogP contribution in [0.25, 0.3) is 5.69 Å². The van der Waals surface area contributed by atoms with Crippen LogP contribution in [0.1, 0.15) is 18.6 Å². The smallest absolute Gasteiger partial charge is 0.0761 e. The predicted octanol–water partition coefficient (Wildman–Crippen LogP) is 1.93. The molecule has 1 unspecified atom stereocenters. The highest BCUT2D eigenvalue weighted by atomic mass is 16.3. The molecule has 0 bridgehead atoms. The summed E-state index contributed by atoms with van der Waals surface area (Å²) >= 11 is 0. The first-order valence-corrected chi connectivity index (χ1v) is 4.55. The summed E-state index contributed by atoms with van der Waals surface area (Å²) in [5.74, 6) is 0. The van der Waals surface area contributed by atoms with Crippen LogP contribution in [0.3, 0.4) is 0 Å². The Bertz CT molecular complexity index is 390. The molecule has 0 aliphatic rings. The van der Waals surface area contributed by atoms with Crippen LogP contribution in [0.2, 0.25) is 0 Å². The minimum absolute atomic E-state index is 0.415. The number of rotatable bonds is 2. The lowest BCUT2D eigenvalue weighted by Gasteiger charge is -2.05. The molecule has 2 aromatic rings. The first-order chi connectivity index (χ1) is 6.77. The summed E-state index contributed by atoms with van der Waals surface area (Å²) < 4.78 is 1.78. The van der Waals surface area contributed by atoms with E-state index in [4.69, 9.17) is 0 Å². The highest BCUT2D eigenvalue weighted by Gasteiger charge is 2.00. The summed E-state index contributed by atoms with van der Waals surface area (Å²) in [7, 11) is 0. The lowest BCUT2D eigenvalue weighted by molar-refractivity contribution is 0.199. The van der Waals surface area contributed by atoms with Crippen LogP contribution in [0, 0.1) is 0 Å². The third kappa shape index (κ3) is 1.67. The van der Waals surface area contributed by atoms with Crippen LogP contribution in [-0.4, -0.2) is 14.9 Å². The summed E-state index contributed by atoms with van der Waals surface area (Å²) in [6.45, 7) is 1.75. The van der Waals surface area contributed by atoms with E-state index < -0.39 is 6.10 Å². The lowest BCUT2D eigenvalue weighted by Crippen LogP contribution is -1.95. The molecule has 0 spiro atoms. The molecule has 1 aromatic carbocycles. The molecule has 0 fully saturated rings. The molecule has 0 saturated carbocycles. The molecule has 0 saturated heterocycles. The van der Waals surface area contributed by atoms with Crippen LogP contribution < -0.4 is 0 Å². The number of hydrogen-bond acceptors (Lipinski definition) is 2. The zero-order valence-electron chi connectivity index (χ0n) is 7.96. The van der Waals surface area contributed by atoms with Gasteiger partial charge in [-0.3, -0.25) is 0 Å². The van der Waals surface area contributed by atoms with Gasteiger partial charge in [0.15, 0.2) is 0 Å². The molecule has 0 aliphatic heterocycles. The minimum Gasteiger partial charge on any atom is -0.389 e. The summed E-state index contributed by atoms with van der Waals surface area (Å²) in [6, 6.07) is 9.57. The molecule has 1 aromatic heterocycles. The number of aliphatic hydroxyl groups excluding tert-OH is 1. The lowest BCUT2D eigenvalue weighted by atomic mass is 10.1. The summed E-state index contributed by atoms with van der Waals surface area (Å²) in [4.78, 5) is 0. The van der Waals surface area contributed by atoms with E-state index >= 15 is 0 Å². The van der Waals surface area contributed by atoms with Crippen molar-refractivity contribution in [2.45, 2.75) is 13.0 Å². The molecule has 14 heavy (non-hydrogen) atoms. The molecule has 2 rings (SSSR count). The summed E-state index contributed by atoms with van der Waals surface area (Å²) in [5, 5.41) is 13.4. The Kier molecular flexibility index (Phi) is 2.33. The van der Waals surface area contributed by atoms with Gasteiger partial charge in [-0.05, 0) is 30.7 Å². The third-order valence-electron chi connectivity index (χ3n) is 2.14. The molecule has 1 atom stereocenters. The minimum atomic E-state index is -0.415. The van der Waals surface area contributed by atoms with Crippen LogP contribution >= 0.6 is 0 Å². The number of aromatic nitrogens is 2.